The molecule has 2 aromatic carbocycles. The summed E-state index contributed by atoms with van der Waals surface area (Å²) in [5, 5.41) is 12.1. The second kappa shape index (κ2) is 9.22. The summed E-state index contributed by atoms with van der Waals surface area (Å²) in [4.78, 5) is 37.8. The molecule has 0 aromatic heterocycles. The zero-order valence-corrected chi connectivity index (χ0v) is 18.7. The molecule has 3 unspecified atom stereocenters. The molecule has 2 N–H and O–H groups in total. The number of hydrogen-bond acceptors (Lipinski definition) is 4. The molecule has 0 bridgehead atoms. The van der Waals surface area contributed by atoms with Crippen molar-refractivity contribution in [2.45, 2.75) is 31.2 Å². The summed E-state index contributed by atoms with van der Waals surface area (Å²) >= 11 is 0. The van der Waals surface area contributed by atoms with Gasteiger partial charge in [0.05, 0.1) is 6.54 Å². The third kappa shape index (κ3) is 4.01. The highest BCUT2D eigenvalue weighted by atomic mass is 16.5. The zero-order valence-electron chi connectivity index (χ0n) is 18.7. The molecule has 1 saturated carbocycles. The van der Waals surface area contributed by atoms with Crippen molar-refractivity contribution in [3.63, 3.8) is 0 Å². The minimum Gasteiger partial charge on any atom is -0.480 e. The Morgan fingerprint density at radius 3 is 2.38 bits per heavy atom. The molecule has 1 saturated heterocycles. The fourth-order valence-corrected chi connectivity index (χ4v) is 5.79. The van der Waals surface area contributed by atoms with Crippen molar-refractivity contribution in [1.82, 2.24) is 10.2 Å². The molecule has 2 aromatic rings. The number of benzene rings is 2. The van der Waals surface area contributed by atoms with Gasteiger partial charge in [0, 0.05) is 12.5 Å². The molecule has 2 amide bonds. The maximum atomic E-state index is 12.5. The van der Waals surface area contributed by atoms with E-state index in [1.165, 1.54) is 4.90 Å². The Morgan fingerprint density at radius 1 is 1.03 bits per heavy atom. The molecule has 3 atom stereocenters. The number of amides is 2. The lowest BCUT2D eigenvalue weighted by molar-refractivity contribution is -0.147. The van der Waals surface area contributed by atoms with Crippen molar-refractivity contribution in [1.29, 1.82) is 0 Å². The van der Waals surface area contributed by atoms with Crippen LogP contribution in [0.2, 0.25) is 0 Å². The van der Waals surface area contributed by atoms with Crippen LogP contribution >= 0.6 is 0 Å². The van der Waals surface area contributed by atoms with Crippen LogP contribution in [0.15, 0.2) is 48.5 Å². The SMILES string of the molecule is O=C(NCC#CC(=O)N1CC2CCCC2C1C(=O)O)OCC1c2ccccc2-c2ccccc21. The summed E-state index contributed by atoms with van der Waals surface area (Å²) < 4.78 is 5.45. The molecule has 1 heterocycles. The number of nitrogens with zero attached hydrogens (tertiary/aromatic N) is 1. The molecule has 1 aliphatic heterocycles. The van der Waals surface area contributed by atoms with E-state index in [0.29, 0.717) is 6.54 Å². The van der Waals surface area contributed by atoms with Gasteiger partial charge < -0.3 is 20.1 Å². The molecule has 7 heteroatoms. The number of aliphatic carboxylic acids is 1. The normalized spacial score (nSPS) is 22.2. The Kier molecular flexibility index (Phi) is 5.97. The van der Waals surface area contributed by atoms with E-state index in [0.717, 1.165) is 41.5 Å². The summed E-state index contributed by atoms with van der Waals surface area (Å²) in [5.41, 5.74) is 4.57. The van der Waals surface area contributed by atoms with Crippen LogP contribution in [0, 0.1) is 23.7 Å². The van der Waals surface area contributed by atoms with Crippen LogP contribution in [0.4, 0.5) is 4.79 Å². The van der Waals surface area contributed by atoms with E-state index in [4.69, 9.17) is 4.74 Å². The molecule has 3 aliphatic rings. The third-order valence-corrected chi connectivity index (χ3v) is 7.26. The number of alkyl carbamates (subject to hydrolysis) is 1. The number of likely N-dealkylation sites (tertiary alicyclic amines) is 1. The van der Waals surface area contributed by atoms with Crippen molar-refractivity contribution < 1.29 is 24.2 Å². The van der Waals surface area contributed by atoms with Gasteiger partial charge in [-0.15, -0.1) is 0 Å². The number of carboxylic acids is 1. The average molecular weight is 459 g/mol. The number of hydrogen-bond donors (Lipinski definition) is 2. The largest absolute Gasteiger partial charge is 0.480 e. The van der Waals surface area contributed by atoms with Crippen LogP contribution in [0.1, 0.15) is 36.3 Å². The minimum atomic E-state index is -0.971. The van der Waals surface area contributed by atoms with E-state index >= 15 is 0 Å². The number of rotatable bonds is 4. The van der Waals surface area contributed by atoms with E-state index in [-0.39, 0.29) is 30.9 Å². The van der Waals surface area contributed by atoms with Gasteiger partial charge in [-0.3, -0.25) is 4.79 Å². The Morgan fingerprint density at radius 2 is 1.71 bits per heavy atom. The van der Waals surface area contributed by atoms with Crippen molar-refractivity contribution in [3.8, 4) is 23.0 Å². The predicted octanol–water partition coefficient (Wildman–Crippen LogP) is 3.24. The van der Waals surface area contributed by atoms with Gasteiger partial charge in [0.15, 0.2) is 0 Å². The molecule has 0 spiro atoms. The van der Waals surface area contributed by atoms with Gasteiger partial charge >= 0.3 is 12.1 Å². The molecular weight excluding hydrogens is 432 g/mol. The standard InChI is InChI=1S/C27H26N2O5/c30-24(29-15-17-7-5-12-18(17)25(29)26(31)32)13-6-14-28-27(33)34-16-23-21-10-3-1-8-19(21)20-9-2-4-11-22(20)23/h1-4,8-11,17-18,23,25H,5,7,12,14-16H2,(H,28,33)(H,31,32). The van der Waals surface area contributed by atoms with Crippen molar-refractivity contribution >= 4 is 18.0 Å². The second-order valence-corrected chi connectivity index (χ2v) is 9.08. The van der Waals surface area contributed by atoms with Crippen molar-refractivity contribution in [2.24, 2.45) is 11.8 Å². The third-order valence-electron chi connectivity index (χ3n) is 7.26. The molecule has 2 fully saturated rings. The maximum absolute atomic E-state index is 12.5. The number of carbonyl (C=O) groups excluding carboxylic acids is 2. The van der Waals surface area contributed by atoms with E-state index < -0.39 is 24.0 Å². The average Bonchev–Trinajstić information content (AvgIpc) is 3.52. The monoisotopic (exact) mass is 458 g/mol. The Labute approximate surface area is 198 Å². The summed E-state index contributed by atoms with van der Waals surface area (Å²) in [7, 11) is 0. The quantitative estimate of drug-likeness (QED) is 0.686. The lowest BCUT2D eigenvalue weighted by atomic mass is 9.94. The highest BCUT2D eigenvalue weighted by Gasteiger charge is 2.49. The first kappa shape index (κ1) is 22.0. The fraction of sp³-hybridized carbons (Fsp3) is 0.370. The summed E-state index contributed by atoms with van der Waals surface area (Å²) in [6.07, 6.45) is 2.19. The molecule has 5 rings (SSSR count). The first-order chi connectivity index (χ1) is 16.5. The Balaban J connectivity index is 1.14. The van der Waals surface area contributed by atoms with Gasteiger partial charge in [0.25, 0.3) is 5.91 Å². The van der Waals surface area contributed by atoms with Crippen LogP contribution in [-0.2, 0) is 14.3 Å². The Hall–Kier alpha value is -3.79. The predicted molar refractivity (Wildman–Crippen MR) is 125 cm³/mol. The zero-order chi connectivity index (χ0) is 23.7. The van der Waals surface area contributed by atoms with Crippen LogP contribution < -0.4 is 5.32 Å². The van der Waals surface area contributed by atoms with E-state index in [2.05, 4.69) is 41.4 Å². The lowest BCUT2D eigenvalue weighted by Crippen LogP contribution is -2.42. The van der Waals surface area contributed by atoms with Gasteiger partial charge in [-0.1, -0.05) is 60.9 Å². The first-order valence-corrected chi connectivity index (χ1v) is 11.7. The van der Waals surface area contributed by atoms with Gasteiger partial charge in [-0.2, -0.15) is 0 Å². The lowest BCUT2D eigenvalue weighted by Gasteiger charge is -2.22. The van der Waals surface area contributed by atoms with Gasteiger partial charge in [0.2, 0.25) is 0 Å². The number of ether oxygens (including phenoxy) is 1. The van der Waals surface area contributed by atoms with Crippen LogP contribution in [-0.4, -0.2) is 53.7 Å². The molecule has 2 aliphatic carbocycles. The van der Waals surface area contributed by atoms with Crippen LogP contribution in [0.3, 0.4) is 0 Å². The number of carboxylic acid groups (broad SMARTS) is 1. The highest BCUT2D eigenvalue weighted by Crippen LogP contribution is 2.44. The van der Waals surface area contributed by atoms with Crippen molar-refractivity contribution in [2.75, 3.05) is 19.7 Å². The summed E-state index contributed by atoms with van der Waals surface area (Å²) in [6, 6.07) is 15.4. The highest BCUT2D eigenvalue weighted by molar-refractivity contribution is 5.96. The number of carbonyl (C=O) groups is 3. The fourth-order valence-electron chi connectivity index (χ4n) is 5.79. The van der Waals surface area contributed by atoms with Gasteiger partial charge in [-0.25, -0.2) is 9.59 Å². The molecule has 0 radical (unpaired) electrons. The van der Waals surface area contributed by atoms with Crippen LogP contribution in [0.25, 0.3) is 11.1 Å². The van der Waals surface area contributed by atoms with Gasteiger partial charge in [0.1, 0.15) is 12.6 Å². The Bertz CT molecular complexity index is 1150. The van der Waals surface area contributed by atoms with E-state index in [9.17, 15) is 19.5 Å². The molecular formula is C27H26N2O5. The van der Waals surface area contributed by atoms with E-state index in [1.54, 1.807) is 0 Å². The molecule has 34 heavy (non-hydrogen) atoms. The topological polar surface area (TPSA) is 95.9 Å². The molecule has 7 nitrogen and oxygen atoms in total. The smallest absolute Gasteiger partial charge is 0.407 e. The van der Waals surface area contributed by atoms with Gasteiger partial charge in [-0.05, 0) is 52.9 Å². The minimum absolute atomic E-state index is 0.0159. The van der Waals surface area contributed by atoms with Crippen LogP contribution in [0.5, 0.6) is 0 Å². The molecule has 174 valence electrons. The first-order valence-electron chi connectivity index (χ1n) is 11.7. The summed E-state index contributed by atoms with van der Waals surface area (Å²) in [5.74, 6) is 3.86. The summed E-state index contributed by atoms with van der Waals surface area (Å²) in [6.45, 7) is 0.582. The van der Waals surface area contributed by atoms with Crippen molar-refractivity contribution in [3.05, 3.63) is 59.7 Å². The van der Waals surface area contributed by atoms with E-state index in [1.807, 2.05) is 24.3 Å². The number of nitrogens with one attached hydrogen (secondary N) is 1. The second-order valence-electron chi connectivity index (χ2n) is 9.08. The number of fused-ring (bicyclic) bond motifs is 4. The maximum Gasteiger partial charge on any atom is 0.407 e.